The van der Waals surface area contributed by atoms with Crippen molar-refractivity contribution in [1.82, 2.24) is 4.57 Å². The van der Waals surface area contributed by atoms with E-state index >= 15 is 0 Å². The Morgan fingerprint density at radius 2 is 0.754 bits per heavy atom. The van der Waals surface area contributed by atoms with Crippen LogP contribution in [0.2, 0.25) is 0 Å². The number of aromatic nitrogens is 1. The molecule has 0 N–H and O–H groups in total. The van der Waals surface area contributed by atoms with Crippen molar-refractivity contribution < 1.29 is 0 Å². The number of benzene rings is 10. The fraction of sp³-hybridized carbons (Fsp3) is 0.100. The summed E-state index contributed by atoms with van der Waals surface area (Å²) in [6.07, 6.45) is 0. The minimum absolute atomic E-state index is 0.102. The highest BCUT2D eigenvalue weighted by atomic mass is 15.0. The van der Waals surface area contributed by atoms with E-state index in [0.29, 0.717) is 0 Å². The monoisotopic (exact) mass is 777 g/mol. The smallest absolute Gasteiger partial charge is 0.0541 e. The molecule has 1 heteroatoms. The van der Waals surface area contributed by atoms with Crippen LogP contribution in [0.5, 0.6) is 0 Å². The summed E-state index contributed by atoms with van der Waals surface area (Å²) in [5, 5.41) is 10.3. The zero-order chi connectivity index (χ0) is 40.8. The third kappa shape index (κ3) is 4.51. The third-order valence-corrected chi connectivity index (χ3v) is 14.6. The Bertz CT molecular complexity index is 3560. The standard InChI is InChI=1S/C60H43N/c1-59(2)48-25-13-9-23-45(48)56-50(59)34-33-44-47(35-51-57(58(44)56)46-24-10-14-26-49(46)60(51,3)4)55-42-21-7-5-19-40(42)54(41-20-6-8-22-43(41)55)36-29-31-37(32-30-36)61-52-27-15-11-17-38(52)39-18-12-16-28-53(39)61/h5-35H,1-4H3. The number of rotatable bonds is 3. The van der Waals surface area contributed by atoms with E-state index < -0.39 is 0 Å². The minimum atomic E-state index is -0.172. The van der Waals surface area contributed by atoms with Gasteiger partial charge in [-0.3, -0.25) is 0 Å². The first-order valence-electron chi connectivity index (χ1n) is 21.7. The number of hydrogen-bond donors (Lipinski definition) is 0. The second-order valence-electron chi connectivity index (χ2n) is 18.4. The molecule has 13 rings (SSSR count). The Morgan fingerprint density at radius 3 is 1.31 bits per heavy atom. The fourth-order valence-electron chi connectivity index (χ4n) is 11.8. The van der Waals surface area contributed by atoms with Crippen molar-refractivity contribution in [3.05, 3.63) is 210 Å². The molecule has 0 radical (unpaired) electrons. The molecule has 288 valence electrons. The number of fused-ring (bicyclic) bond motifs is 14. The van der Waals surface area contributed by atoms with Gasteiger partial charge < -0.3 is 4.57 Å². The first kappa shape index (κ1) is 34.6. The number of hydrogen-bond acceptors (Lipinski definition) is 0. The summed E-state index contributed by atoms with van der Waals surface area (Å²) in [6, 6.07) is 70.8. The molecule has 1 nitrogen and oxygen atoms in total. The predicted octanol–water partition coefficient (Wildman–Crippen LogP) is 16.2. The maximum Gasteiger partial charge on any atom is 0.0541 e. The molecule has 61 heavy (non-hydrogen) atoms. The lowest BCUT2D eigenvalue weighted by Gasteiger charge is -2.26. The number of nitrogens with zero attached hydrogens (tertiary/aromatic N) is 1. The van der Waals surface area contributed by atoms with Crippen LogP contribution in [-0.4, -0.2) is 4.57 Å². The van der Waals surface area contributed by atoms with Crippen molar-refractivity contribution >= 4 is 54.1 Å². The molecule has 10 aromatic carbocycles. The largest absolute Gasteiger partial charge is 0.309 e. The van der Waals surface area contributed by atoms with E-state index in [2.05, 4.69) is 220 Å². The van der Waals surface area contributed by atoms with Crippen LogP contribution < -0.4 is 0 Å². The second kappa shape index (κ2) is 12.2. The predicted molar refractivity (Wildman–Crippen MR) is 259 cm³/mol. The molecule has 1 aromatic heterocycles. The molecule has 2 aliphatic carbocycles. The molecule has 0 bridgehead atoms. The topological polar surface area (TPSA) is 4.93 Å². The van der Waals surface area contributed by atoms with E-state index in [-0.39, 0.29) is 10.8 Å². The van der Waals surface area contributed by atoms with Crippen LogP contribution in [-0.2, 0) is 10.8 Å². The molecule has 0 unspecified atom stereocenters. The summed E-state index contributed by atoms with van der Waals surface area (Å²) in [5.74, 6) is 0. The molecule has 0 amide bonds. The first-order chi connectivity index (χ1) is 29.8. The van der Waals surface area contributed by atoms with Crippen molar-refractivity contribution in [2.75, 3.05) is 0 Å². The Balaban J connectivity index is 1.10. The molecule has 2 aliphatic rings. The molecule has 11 aromatic rings. The van der Waals surface area contributed by atoms with E-state index in [0.717, 1.165) is 5.69 Å². The van der Waals surface area contributed by atoms with Gasteiger partial charge in [0.2, 0.25) is 0 Å². The molecule has 0 saturated carbocycles. The Hall–Kier alpha value is -7.22. The summed E-state index contributed by atoms with van der Waals surface area (Å²) in [7, 11) is 0. The normalized spacial score (nSPS) is 14.5. The highest BCUT2D eigenvalue weighted by Gasteiger charge is 2.42. The average Bonchev–Trinajstić information content (AvgIpc) is 3.85. The molecular formula is C60H43N. The van der Waals surface area contributed by atoms with Gasteiger partial charge in [0.05, 0.1) is 11.0 Å². The summed E-state index contributed by atoms with van der Waals surface area (Å²) in [6.45, 7) is 9.66. The number of para-hydroxylation sites is 2. The van der Waals surface area contributed by atoms with Crippen LogP contribution in [0.1, 0.15) is 49.9 Å². The van der Waals surface area contributed by atoms with Crippen LogP contribution in [0, 0.1) is 0 Å². The van der Waals surface area contributed by atoms with E-state index in [1.807, 2.05) is 0 Å². The molecule has 0 atom stereocenters. The Morgan fingerprint density at radius 1 is 0.311 bits per heavy atom. The van der Waals surface area contributed by atoms with E-state index in [1.165, 1.54) is 121 Å². The lowest BCUT2D eigenvalue weighted by molar-refractivity contribution is 0.660. The van der Waals surface area contributed by atoms with Gasteiger partial charge in [-0.05, 0) is 129 Å². The maximum atomic E-state index is 2.57. The van der Waals surface area contributed by atoms with Crippen LogP contribution >= 0.6 is 0 Å². The fourth-order valence-corrected chi connectivity index (χ4v) is 11.8. The van der Waals surface area contributed by atoms with Gasteiger partial charge in [0.25, 0.3) is 0 Å². The van der Waals surface area contributed by atoms with Crippen molar-refractivity contribution in [3.8, 4) is 50.2 Å². The molecule has 0 aliphatic heterocycles. The van der Waals surface area contributed by atoms with Crippen LogP contribution in [0.4, 0.5) is 0 Å². The van der Waals surface area contributed by atoms with Crippen molar-refractivity contribution in [2.45, 2.75) is 38.5 Å². The molecule has 1 heterocycles. The Kier molecular flexibility index (Phi) is 6.91. The highest BCUT2D eigenvalue weighted by molar-refractivity contribution is 6.26. The minimum Gasteiger partial charge on any atom is -0.309 e. The lowest BCUT2D eigenvalue weighted by Crippen LogP contribution is -2.15. The van der Waals surface area contributed by atoms with Crippen LogP contribution in [0.3, 0.4) is 0 Å². The van der Waals surface area contributed by atoms with Gasteiger partial charge in [0, 0.05) is 27.3 Å². The quantitative estimate of drug-likeness (QED) is 0.158. The van der Waals surface area contributed by atoms with Crippen LogP contribution in [0.25, 0.3) is 104 Å². The molecular weight excluding hydrogens is 735 g/mol. The van der Waals surface area contributed by atoms with Gasteiger partial charge in [-0.1, -0.05) is 185 Å². The van der Waals surface area contributed by atoms with Gasteiger partial charge in [-0.15, -0.1) is 0 Å². The SMILES string of the molecule is CC1(C)c2ccccc2-c2c1ccc1c(-c3c4ccccc4c(-c4ccc(-n5c6ccccc6c6ccccc65)cc4)c4ccccc34)cc3c(c21)-c1ccccc1C3(C)C. The van der Waals surface area contributed by atoms with Gasteiger partial charge in [0.1, 0.15) is 0 Å². The molecule has 0 fully saturated rings. The van der Waals surface area contributed by atoms with E-state index in [9.17, 15) is 0 Å². The molecule has 0 spiro atoms. The summed E-state index contributed by atoms with van der Waals surface area (Å²) < 4.78 is 2.41. The zero-order valence-electron chi connectivity index (χ0n) is 34.8. The van der Waals surface area contributed by atoms with Gasteiger partial charge >= 0.3 is 0 Å². The van der Waals surface area contributed by atoms with Gasteiger partial charge in [-0.2, -0.15) is 0 Å². The van der Waals surface area contributed by atoms with Gasteiger partial charge in [0.15, 0.2) is 0 Å². The highest BCUT2D eigenvalue weighted by Crippen LogP contribution is 2.60. The summed E-state index contributed by atoms with van der Waals surface area (Å²) in [5.41, 5.74) is 19.6. The maximum absolute atomic E-state index is 2.57. The average molecular weight is 778 g/mol. The van der Waals surface area contributed by atoms with Crippen molar-refractivity contribution in [2.24, 2.45) is 0 Å². The van der Waals surface area contributed by atoms with E-state index in [4.69, 9.17) is 0 Å². The van der Waals surface area contributed by atoms with E-state index in [1.54, 1.807) is 0 Å². The Labute approximate surface area is 356 Å². The summed E-state index contributed by atoms with van der Waals surface area (Å²) in [4.78, 5) is 0. The van der Waals surface area contributed by atoms with Crippen molar-refractivity contribution in [3.63, 3.8) is 0 Å². The molecule has 0 saturated heterocycles. The lowest BCUT2D eigenvalue weighted by atomic mass is 9.77. The van der Waals surface area contributed by atoms with Crippen LogP contribution in [0.15, 0.2) is 188 Å². The van der Waals surface area contributed by atoms with Crippen molar-refractivity contribution in [1.29, 1.82) is 0 Å². The second-order valence-corrected chi connectivity index (χ2v) is 18.4. The summed E-state index contributed by atoms with van der Waals surface area (Å²) >= 11 is 0. The zero-order valence-corrected chi connectivity index (χ0v) is 34.8. The third-order valence-electron chi connectivity index (χ3n) is 14.6. The van der Waals surface area contributed by atoms with Gasteiger partial charge in [-0.25, -0.2) is 0 Å². The first-order valence-corrected chi connectivity index (χ1v) is 21.7.